The Hall–Kier alpha value is -0.520. The summed E-state index contributed by atoms with van der Waals surface area (Å²) in [5, 5.41) is 0. The predicted molar refractivity (Wildman–Crippen MR) is 66.7 cm³/mol. The summed E-state index contributed by atoms with van der Waals surface area (Å²) >= 11 is 0. The highest BCUT2D eigenvalue weighted by Crippen LogP contribution is 2.43. The lowest BCUT2D eigenvalue weighted by Gasteiger charge is -2.15. The number of hydrogen-bond donors (Lipinski definition) is 0. The van der Waals surface area contributed by atoms with Crippen molar-refractivity contribution in [2.24, 2.45) is 17.8 Å². The molecule has 0 saturated carbocycles. The molecule has 0 bridgehead atoms. The second-order valence-corrected chi connectivity index (χ2v) is 5.74. The highest BCUT2D eigenvalue weighted by molar-refractivity contribution is 5.32. The van der Waals surface area contributed by atoms with Crippen LogP contribution in [0.25, 0.3) is 0 Å². The molecule has 15 heavy (non-hydrogen) atoms. The Labute approximate surface area is 94.5 Å². The van der Waals surface area contributed by atoms with E-state index >= 15 is 0 Å². The second kappa shape index (κ2) is 4.15. The van der Waals surface area contributed by atoms with E-state index in [2.05, 4.69) is 33.8 Å². The van der Waals surface area contributed by atoms with Gasteiger partial charge < -0.3 is 0 Å². The number of allylic oxidation sites excluding steroid dienone is 4. The van der Waals surface area contributed by atoms with Crippen LogP contribution >= 0.6 is 0 Å². The summed E-state index contributed by atoms with van der Waals surface area (Å²) in [7, 11) is 0. The Kier molecular flexibility index (Phi) is 3.04. The van der Waals surface area contributed by atoms with Crippen LogP contribution in [0, 0.1) is 17.8 Å². The van der Waals surface area contributed by atoms with E-state index in [9.17, 15) is 0 Å². The van der Waals surface area contributed by atoms with Crippen LogP contribution in [0.3, 0.4) is 0 Å². The van der Waals surface area contributed by atoms with Gasteiger partial charge in [0.1, 0.15) is 0 Å². The van der Waals surface area contributed by atoms with Crippen LogP contribution in [-0.4, -0.2) is 0 Å². The predicted octanol–water partition coefficient (Wildman–Crippen LogP) is 4.73. The van der Waals surface area contributed by atoms with Crippen molar-refractivity contribution in [1.29, 1.82) is 0 Å². The third-order valence-electron chi connectivity index (χ3n) is 4.32. The van der Waals surface area contributed by atoms with Gasteiger partial charge in [0.15, 0.2) is 0 Å². The van der Waals surface area contributed by atoms with Gasteiger partial charge in [0, 0.05) is 0 Å². The summed E-state index contributed by atoms with van der Waals surface area (Å²) in [6.07, 6.45) is 7.84. The largest absolute Gasteiger partial charge is 0.0842 e. The first-order chi connectivity index (χ1) is 7.09. The Morgan fingerprint density at radius 1 is 1.13 bits per heavy atom. The van der Waals surface area contributed by atoms with Gasteiger partial charge in [-0.1, -0.05) is 50.5 Å². The first-order valence-electron chi connectivity index (χ1n) is 6.50. The van der Waals surface area contributed by atoms with E-state index in [0.29, 0.717) is 0 Å². The van der Waals surface area contributed by atoms with Crippen LogP contribution in [0.5, 0.6) is 0 Å². The van der Waals surface area contributed by atoms with Crippen LogP contribution in [0.1, 0.15) is 53.4 Å². The van der Waals surface area contributed by atoms with E-state index in [-0.39, 0.29) is 0 Å². The van der Waals surface area contributed by atoms with Gasteiger partial charge in [-0.3, -0.25) is 0 Å². The fraction of sp³-hybridized carbons (Fsp3) is 0.733. The lowest BCUT2D eigenvalue weighted by atomic mass is 9.91. The van der Waals surface area contributed by atoms with Crippen molar-refractivity contribution in [3.63, 3.8) is 0 Å². The Morgan fingerprint density at radius 2 is 1.87 bits per heavy atom. The molecule has 84 valence electrons. The highest BCUT2D eigenvalue weighted by atomic mass is 14.3. The van der Waals surface area contributed by atoms with E-state index in [1.165, 1.54) is 25.7 Å². The average Bonchev–Trinajstić information content (AvgIpc) is 2.43. The zero-order valence-corrected chi connectivity index (χ0v) is 10.6. The van der Waals surface area contributed by atoms with E-state index < -0.39 is 0 Å². The number of hydrogen-bond acceptors (Lipinski definition) is 0. The maximum atomic E-state index is 2.51. The molecule has 0 aromatic carbocycles. The molecule has 2 aliphatic carbocycles. The van der Waals surface area contributed by atoms with Gasteiger partial charge >= 0.3 is 0 Å². The minimum atomic E-state index is 0.733. The summed E-state index contributed by atoms with van der Waals surface area (Å²) in [6.45, 7) is 9.49. The fourth-order valence-corrected chi connectivity index (χ4v) is 3.08. The van der Waals surface area contributed by atoms with Crippen molar-refractivity contribution < 1.29 is 0 Å². The molecule has 2 rings (SSSR count). The van der Waals surface area contributed by atoms with Gasteiger partial charge in [-0.15, -0.1) is 0 Å². The highest BCUT2D eigenvalue weighted by Gasteiger charge is 2.27. The normalized spacial score (nSPS) is 31.7. The maximum absolute atomic E-state index is 2.51. The quantitative estimate of drug-likeness (QED) is 0.542. The van der Waals surface area contributed by atoms with Crippen molar-refractivity contribution in [3.8, 4) is 0 Å². The molecular weight excluding hydrogens is 180 g/mol. The molecule has 0 aromatic rings. The van der Waals surface area contributed by atoms with Crippen molar-refractivity contribution in [3.05, 3.63) is 22.8 Å². The van der Waals surface area contributed by atoms with Gasteiger partial charge in [0.05, 0.1) is 0 Å². The molecule has 0 saturated heterocycles. The van der Waals surface area contributed by atoms with Gasteiger partial charge in [0.25, 0.3) is 0 Å². The molecule has 0 spiro atoms. The fourth-order valence-electron chi connectivity index (χ4n) is 3.08. The van der Waals surface area contributed by atoms with E-state index in [1.807, 2.05) is 0 Å². The summed E-state index contributed by atoms with van der Waals surface area (Å²) in [4.78, 5) is 0. The average molecular weight is 204 g/mol. The van der Waals surface area contributed by atoms with Gasteiger partial charge in [-0.2, -0.15) is 0 Å². The van der Waals surface area contributed by atoms with Crippen molar-refractivity contribution in [2.75, 3.05) is 0 Å². The molecule has 2 unspecified atom stereocenters. The lowest BCUT2D eigenvalue weighted by molar-refractivity contribution is 0.620. The van der Waals surface area contributed by atoms with Crippen LogP contribution in [0.15, 0.2) is 22.8 Å². The van der Waals surface area contributed by atoms with Crippen molar-refractivity contribution in [1.82, 2.24) is 0 Å². The molecular formula is C15H24. The SMILES string of the molecule is CC(C)C1=CCC(C)C2=C(C1)C(C)CC2. The molecule has 0 heterocycles. The van der Waals surface area contributed by atoms with Gasteiger partial charge in [-0.25, -0.2) is 0 Å². The molecule has 0 heteroatoms. The Bertz CT molecular complexity index is 304. The van der Waals surface area contributed by atoms with Gasteiger partial charge in [0.2, 0.25) is 0 Å². The van der Waals surface area contributed by atoms with Gasteiger partial charge in [-0.05, 0) is 43.4 Å². The molecule has 0 aromatic heterocycles. The molecule has 0 fully saturated rings. The molecule has 0 nitrogen and oxygen atoms in total. The summed E-state index contributed by atoms with van der Waals surface area (Å²) in [6, 6.07) is 0. The molecule has 0 N–H and O–H groups in total. The Balaban J connectivity index is 2.28. The maximum Gasteiger partial charge on any atom is -0.0100 e. The van der Waals surface area contributed by atoms with Crippen LogP contribution in [-0.2, 0) is 0 Å². The third kappa shape index (κ3) is 2.04. The standard InChI is InChI=1S/C15H24/c1-10(2)13-7-5-11(3)14-8-6-12(4)15(14)9-13/h7,10-12H,5-6,8-9H2,1-4H3. The zero-order valence-electron chi connectivity index (χ0n) is 10.6. The molecule has 2 atom stereocenters. The zero-order chi connectivity index (χ0) is 11.0. The number of rotatable bonds is 1. The second-order valence-electron chi connectivity index (χ2n) is 5.74. The summed E-state index contributed by atoms with van der Waals surface area (Å²) in [5.41, 5.74) is 5.27. The first-order valence-corrected chi connectivity index (χ1v) is 6.50. The molecule has 0 radical (unpaired) electrons. The summed E-state index contributed by atoms with van der Waals surface area (Å²) < 4.78 is 0. The molecule has 2 aliphatic rings. The van der Waals surface area contributed by atoms with E-state index in [1.54, 1.807) is 16.7 Å². The van der Waals surface area contributed by atoms with E-state index in [4.69, 9.17) is 0 Å². The minimum absolute atomic E-state index is 0.733. The topological polar surface area (TPSA) is 0 Å². The Morgan fingerprint density at radius 3 is 2.53 bits per heavy atom. The minimum Gasteiger partial charge on any atom is -0.0842 e. The molecule has 0 aliphatic heterocycles. The van der Waals surface area contributed by atoms with Crippen molar-refractivity contribution >= 4 is 0 Å². The smallest absolute Gasteiger partial charge is 0.0100 e. The molecule has 0 amide bonds. The van der Waals surface area contributed by atoms with Crippen LogP contribution in [0.2, 0.25) is 0 Å². The monoisotopic (exact) mass is 204 g/mol. The first kappa shape index (κ1) is 11.0. The summed E-state index contributed by atoms with van der Waals surface area (Å²) in [5.74, 6) is 2.39. The van der Waals surface area contributed by atoms with E-state index in [0.717, 1.165) is 17.8 Å². The van der Waals surface area contributed by atoms with Crippen LogP contribution in [0.4, 0.5) is 0 Å². The van der Waals surface area contributed by atoms with Crippen molar-refractivity contribution in [2.45, 2.75) is 53.4 Å². The third-order valence-corrected chi connectivity index (χ3v) is 4.32. The van der Waals surface area contributed by atoms with Crippen LogP contribution < -0.4 is 0 Å². The lowest BCUT2D eigenvalue weighted by Crippen LogP contribution is -2.00.